The van der Waals surface area contributed by atoms with E-state index in [1.165, 1.54) is 24.3 Å². The van der Waals surface area contributed by atoms with Gasteiger partial charge in [0, 0.05) is 24.2 Å². The molecule has 0 radical (unpaired) electrons. The first-order valence-corrected chi connectivity index (χ1v) is 13.7. The summed E-state index contributed by atoms with van der Waals surface area (Å²) in [7, 11) is 0. The first-order valence-electron chi connectivity index (χ1n) is 13.7. The Kier molecular flexibility index (Phi) is 7.97. The zero-order chi connectivity index (χ0) is 29.1. The Labute approximate surface area is 237 Å². The second-order valence-electron chi connectivity index (χ2n) is 10.9. The highest BCUT2D eigenvalue weighted by atomic mass is 19.1. The van der Waals surface area contributed by atoms with Crippen molar-refractivity contribution in [2.75, 3.05) is 13.1 Å². The highest BCUT2D eigenvalue weighted by Crippen LogP contribution is 2.38. The Bertz CT molecular complexity index is 1510. The quantitative estimate of drug-likeness (QED) is 0.300. The highest BCUT2D eigenvalue weighted by molar-refractivity contribution is 5.95. The topological polar surface area (TPSA) is 88.3 Å². The molecule has 1 N–H and O–H groups in total. The smallest absolute Gasteiger partial charge is 0.257 e. The maximum atomic E-state index is 14.1. The molecule has 0 aliphatic carbocycles. The number of nitrogens with one attached hydrogen (secondary N) is 1. The maximum absolute atomic E-state index is 14.1. The lowest BCUT2D eigenvalue weighted by Gasteiger charge is -2.42. The lowest BCUT2D eigenvalue weighted by molar-refractivity contribution is -0.129. The summed E-state index contributed by atoms with van der Waals surface area (Å²) in [4.78, 5) is 33.4. The number of carbonyl (C=O) groups is 2. The third-order valence-corrected chi connectivity index (χ3v) is 7.82. The predicted octanol–water partition coefficient (Wildman–Crippen LogP) is 6.01. The average Bonchev–Trinajstić information content (AvgIpc) is 3.42. The molecule has 1 fully saturated rings. The molecule has 5 rings (SSSR count). The zero-order valence-electron chi connectivity index (χ0n) is 23.2. The van der Waals surface area contributed by atoms with Crippen LogP contribution in [0.5, 0.6) is 0 Å². The van der Waals surface area contributed by atoms with Gasteiger partial charge in [0.05, 0.1) is 11.5 Å². The molecule has 2 amide bonds. The highest BCUT2D eigenvalue weighted by Gasteiger charge is 2.44. The van der Waals surface area contributed by atoms with E-state index in [4.69, 9.17) is 4.52 Å². The van der Waals surface area contributed by atoms with Gasteiger partial charge in [0.15, 0.2) is 5.82 Å². The van der Waals surface area contributed by atoms with Gasteiger partial charge in [0.2, 0.25) is 5.91 Å². The van der Waals surface area contributed by atoms with Crippen LogP contribution in [0.15, 0.2) is 77.3 Å². The molecule has 1 atom stereocenters. The minimum atomic E-state index is -0.961. The summed E-state index contributed by atoms with van der Waals surface area (Å²) in [5.74, 6) is -0.120. The number of nitrogens with zero attached hydrogens (tertiary/aromatic N) is 3. The molecular formula is C32H32F2N4O3. The van der Waals surface area contributed by atoms with Gasteiger partial charge >= 0.3 is 0 Å². The fraction of sp³-hybridized carbons (Fsp3) is 0.312. The summed E-state index contributed by atoms with van der Waals surface area (Å²) in [5, 5.41) is 7.00. The Morgan fingerprint density at radius 3 is 2.02 bits per heavy atom. The Morgan fingerprint density at radius 1 is 0.902 bits per heavy atom. The number of amides is 2. The van der Waals surface area contributed by atoms with Crippen molar-refractivity contribution in [2.24, 2.45) is 5.92 Å². The van der Waals surface area contributed by atoms with Crippen LogP contribution in [0, 0.1) is 24.5 Å². The Morgan fingerprint density at radius 2 is 1.49 bits per heavy atom. The number of rotatable bonds is 7. The predicted molar refractivity (Wildman–Crippen MR) is 150 cm³/mol. The third kappa shape index (κ3) is 5.89. The van der Waals surface area contributed by atoms with Crippen LogP contribution in [0.25, 0.3) is 11.5 Å². The van der Waals surface area contributed by atoms with Crippen LogP contribution in [0.1, 0.15) is 60.0 Å². The van der Waals surface area contributed by atoms with E-state index in [1.807, 2.05) is 13.8 Å². The van der Waals surface area contributed by atoms with Crippen LogP contribution in [0.4, 0.5) is 8.78 Å². The van der Waals surface area contributed by atoms with Gasteiger partial charge in [-0.05, 0) is 85.3 Å². The van der Waals surface area contributed by atoms with E-state index >= 15 is 0 Å². The van der Waals surface area contributed by atoms with E-state index in [0.29, 0.717) is 54.3 Å². The van der Waals surface area contributed by atoms with Crippen LogP contribution in [-0.4, -0.2) is 39.9 Å². The number of aromatic nitrogens is 2. The van der Waals surface area contributed by atoms with Gasteiger partial charge in [-0.15, -0.1) is 0 Å². The number of piperidine rings is 1. The molecule has 2 heterocycles. The number of aryl methyl sites for hydroxylation is 1. The molecular weight excluding hydrogens is 526 g/mol. The van der Waals surface area contributed by atoms with Crippen molar-refractivity contribution in [1.82, 2.24) is 20.4 Å². The summed E-state index contributed by atoms with van der Waals surface area (Å²) in [5.41, 5.74) is 1.77. The van der Waals surface area contributed by atoms with Crippen molar-refractivity contribution in [3.8, 4) is 11.5 Å². The molecule has 4 aromatic rings. The summed E-state index contributed by atoms with van der Waals surface area (Å²) < 4.78 is 32.6. The second kappa shape index (κ2) is 11.6. The van der Waals surface area contributed by atoms with Gasteiger partial charge in [-0.2, -0.15) is 4.98 Å². The van der Waals surface area contributed by atoms with Crippen molar-refractivity contribution in [3.63, 3.8) is 0 Å². The van der Waals surface area contributed by atoms with Gasteiger partial charge in [-0.1, -0.05) is 43.3 Å². The van der Waals surface area contributed by atoms with Crippen molar-refractivity contribution < 1.29 is 22.9 Å². The molecule has 0 saturated carbocycles. The molecule has 1 aromatic heterocycles. The minimum Gasteiger partial charge on any atom is -0.348 e. The van der Waals surface area contributed by atoms with Gasteiger partial charge < -0.3 is 14.7 Å². The zero-order valence-corrected chi connectivity index (χ0v) is 23.2. The Balaban J connectivity index is 1.36. The standard InChI is InChI=1S/C32H32F2N4O3/c1-20(2)28(22-8-12-26(33)13-9-22)36-31(40)32(25-10-14-27(34)15-11-25)16-18-38(19-17-32)30(39)24-6-4-23(5-7-24)29-35-21(3)37-41-29/h4-15,20,28H,16-19H2,1-3H3,(H,36,40). The molecule has 7 nitrogen and oxygen atoms in total. The number of hydrogen-bond acceptors (Lipinski definition) is 5. The molecule has 0 spiro atoms. The van der Waals surface area contributed by atoms with Crippen LogP contribution in [0.2, 0.25) is 0 Å². The van der Waals surface area contributed by atoms with E-state index in [-0.39, 0.29) is 35.4 Å². The molecule has 0 bridgehead atoms. The van der Waals surface area contributed by atoms with Gasteiger partial charge in [0.25, 0.3) is 11.8 Å². The van der Waals surface area contributed by atoms with Crippen LogP contribution in [0.3, 0.4) is 0 Å². The molecule has 3 aromatic carbocycles. The number of carbonyl (C=O) groups excluding carboxylic acids is 2. The first-order chi connectivity index (χ1) is 19.7. The van der Waals surface area contributed by atoms with Gasteiger partial charge in [-0.25, -0.2) is 8.78 Å². The van der Waals surface area contributed by atoms with Crippen LogP contribution < -0.4 is 5.32 Å². The summed E-state index contributed by atoms with van der Waals surface area (Å²) >= 11 is 0. The van der Waals surface area contributed by atoms with Crippen molar-refractivity contribution >= 4 is 11.8 Å². The maximum Gasteiger partial charge on any atom is 0.257 e. The lowest BCUT2D eigenvalue weighted by atomic mass is 9.71. The largest absolute Gasteiger partial charge is 0.348 e. The van der Waals surface area contributed by atoms with Crippen LogP contribution >= 0.6 is 0 Å². The molecule has 1 aliphatic heterocycles. The molecule has 1 saturated heterocycles. The van der Waals surface area contributed by atoms with E-state index in [0.717, 1.165) is 5.56 Å². The van der Waals surface area contributed by atoms with E-state index in [1.54, 1.807) is 60.4 Å². The van der Waals surface area contributed by atoms with Crippen LogP contribution in [-0.2, 0) is 10.2 Å². The monoisotopic (exact) mass is 558 g/mol. The van der Waals surface area contributed by atoms with Gasteiger partial charge in [-0.3, -0.25) is 9.59 Å². The van der Waals surface area contributed by atoms with Crippen molar-refractivity contribution in [1.29, 1.82) is 0 Å². The number of benzene rings is 3. The number of halogens is 2. The molecule has 9 heteroatoms. The second-order valence-corrected chi connectivity index (χ2v) is 10.9. The Hall–Kier alpha value is -4.40. The minimum absolute atomic E-state index is 0.0374. The molecule has 1 unspecified atom stereocenters. The van der Waals surface area contributed by atoms with Crippen molar-refractivity contribution in [2.45, 2.75) is 45.1 Å². The average molecular weight is 559 g/mol. The van der Waals surface area contributed by atoms with E-state index in [9.17, 15) is 18.4 Å². The lowest BCUT2D eigenvalue weighted by Crippen LogP contribution is -2.53. The first kappa shape index (κ1) is 28.1. The van der Waals surface area contributed by atoms with E-state index in [2.05, 4.69) is 15.5 Å². The van der Waals surface area contributed by atoms with Crippen molar-refractivity contribution in [3.05, 3.63) is 107 Å². The van der Waals surface area contributed by atoms with Gasteiger partial charge in [0.1, 0.15) is 11.6 Å². The number of hydrogen-bond donors (Lipinski definition) is 1. The summed E-state index contributed by atoms with van der Waals surface area (Å²) in [6.45, 7) is 6.41. The van der Waals surface area contributed by atoms with E-state index < -0.39 is 5.41 Å². The SMILES string of the molecule is Cc1noc(-c2ccc(C(=O)N3CCC(C(=O)NC(c4ccc(F)cc4)C(C)C)(c4ccc(F)cc4)CC3)cc2)n1. The summed E-state index contributed by atoms with van der Waals surface area (Å²) in [6.07, 6.45) is 0.730. The molecule has 41 heavy (non-hydrogen) atoms. The molecule has 212 valence electrons. The third-order valence-electron chi connectivity index (χ3n) is 7.82. The fourth-order valence-electron chi connectivity index (χ4n) is 5.44. The molecule has 1 aliphatic rings. The normalized spacial score (nSPS) is 15.5. The number of likely N-dealkylation sites (tertiary alicyclic amines) is 1. The fourth-order valence-corrected chi connectivity index (χ4v) is 5.44. The summed E-state index contributed by atoms with van der Waals surface area (Å²) in [6, 6.07) is 18.8.